The van der Waals surface area contributed by atoms with Crippen LogP contribution in [-0.4, -0.2) is 22.6 Å². The highest BCUT2D eigenvalue weighted by Gasteiger charge is 2.30. The van der Waals surface area contributed by atoms with Crippen LogP contribution < -0.4 is 10.2 Å². The summed E-state index contributed by atoms with van der Waals surface area (Å²) >= 11 is 0. The third kappa shape index (κ3) is 3.73. The Bertz CT molecular complexity index is 1020. The highest BCUT2D eigenvalue weighted by atomic mass is 15.2. The lowest BCUT2D eigenvalue weighted by atomic mass is 10.1. The molecule has 4 nitrogen and oxygen atoms in total. The minimum Gasteiger partial charge on any atom is -0.369 e. The average Bonchev–Trinajstić information content (AvgIpc) is 3.59. The van der Waals surface area contributed by atoms with Crippen molar-refractivity contribution in [1.82, 2.24) is 9.55 Å². The van der Waals surface area contributed by atoms with Crippen LogP contribution in [0.3, 0.4) is 0 Å². The van der Waals surface area contributed by atoms with Gasteiger partial charge in [0.2, 0.25) is 5.95 Å². The molecule has 29 heavy (non-hydrogen) atoms. The highest BCUT2D eigenvalue weighted by molar-refractivity contribution is 5.91. The maximum atomic E-state index is 4.97. The SMILES string of the molecule is Cc1cc(C)c(Nc2nc3cccc(N(CC4CC4)CC4CC4)c3n2C)c(C)c1. The van der Waals surface area contributed by atoms with Crippen molar-refractivity contribution in [3.8, 4) is 0 Å². The van der Waals surface area contributed by atoms with Gasteiger partial charge in [-0.3, -0.25) is 0 Å². The molecule has 4 heteroatoms. The number of rotatable bonds is 7. The summed E-state index contributed by atoms with van der Waals surface area (Å²) in [5.41, 5.74) is 8.67. The zero-order chi connectivity index (χ0) is 20.1. The van der Waals surface area contributed by atoms with Crippen molar-refractivity contribution in [3.63, 3.8) is 0 Å². The molecule has 2 aromatic carbocycles. The van der Waals surface area contributed by atoms with Gasteiger partial charge in [-0.15, -0.1) is 0 Å². The van der Waals surface area contributed by atoms with Crippen LogP contribution in [0, 0.1) is 32.6 Å². The number of hydrogen-bond donors (Lipinski definition) is 1. The van der Waals surface area contributed by atoms with Crippen LogP contribution in [0.25, 0.3) is 11.0 Å². The maximum Gasteiger partial charge on any atom is 0.208 e. The van der Waals surface area contributed by atoms with Gasteiger partial charge >= 0.3 is 0 Å². The molecule has 1 heterocycles. The number of para-hydroxylation sites is 1. The van der Waals surface area contributed by atoms with Crippen LogP contribution in [0.15, 0.2) is 30.3 Å². The Morgan fingerprint density at radius 3 is 2.21 bits per heavy atom. The van der Waals surface area contributed by atoms with Gasteiger partial charge in [0, 0.05) is 25.8 Å². The van der Waals surface area contributed by atoms with Gasteiger partial charge in [0.1, 0.15) is 0 Å². The number of nitrogens with zero attached hydrogens (tertiary/aromatic N) is 3. The van der Waals surface area contributed by atoms with Gasteiger partial charge < -0.3 is 14.8 Å². The van der Waals surface area contributed by atoms with E-state index < -0.39 is 0 Å². The number of benzene rings is 2. The third-order valence-electron chi connectivity index (χ3n) is 6.48. The van der Waals surface area contributed by atoms with Crippen LogP contribution in [0.1, 0.15) is 42.4 Å². The number of aryl methyl sites for hydroxylation is 4. The quantitative estimate of drug-likeness (QED) is 0.549. The molecule has 3 aromatic rings. The fourth-order valence-corrected chi connectivity index (χ4v) is 4.60. The van der Waals surface area contributed by atoms with E-state index >= 15 is 0 Å². The van der Waals surface area contributed by atoms with E-state index in [-0.39, 0.29) is 0 Å². The Morgan fingerprint density at radius 2 is 1.62 bits per heavy atom. The first kappa shape index (κ1) is 18.5. The van der Waals surface area contributed by atoms with Crippen molar-refractivity contribution in [2.45, 2.75) is 46.5 Å². The number of fused-ring (bicyclic) bond motifs is 1. The van der Waals surface area contributed by atoms with Gasteiger partial charge in [-0.05, 0) is 81.5 Å². The van der Waals surface area contributed by atoms with E-state index in [4.69, 9.17) is 4.98 Å². The number of hydrogen-bond acceptors (Lipinski definition) is 3. The van der Waals surface area contributed by atoms with Crippen LogP contribution in [0.2, 0.25) is 0 Å². The van der Waals surface area contributed by atoms with Crippen molar-refractivity contribution < 1.29 is 0 Å². The molecule has 1 aromatic heterocycles. The lowest BCUT2D eigenvalue weighted by molar-refractivity contribution is 0.680. The summed E-state index contributed by atoms with van der Waals surface area (Å²) in [4.78, 5) is 7.61. The maximum absolute atomic E-state index is 4.97. The highest BCUT2D eigenvalue weighted by Crippen LogP contribution is 2.38. The smallest absolute Gasteiger partial charge is 0.208 e. The van der Waals surface area contributed by atoms with Gasteiger partial charge in [-0.25, -0.2) is 4.98 Å². The summed E-state index contributed by atoms with van der Waals surface area (Å²) in [7, 11) is 2.15. The Labute approximate surface area is 173 Å². The standard InChI is InChI=1S/C25H32N4/c1-16-12-17(2)23(18(3)13-16)27-25-26-21-6-5-7-22(24(21)28(25)4)29(14-19-8-9-19)15-20-10-11-20/h5-7,12-13,19-20H,8-11,14-15H2,1-4H3,(H,26,27). The lowest BCUT2D eigenvalue weighted by Crippen LogP contribution is -2.28. The first-order valence-corrected chi connectivity index (χ1v) is 11.0. The summed E-state index contributed by atoms with van der Waals surface area (Å²) in [6.07, 6.45) is 5.56. The topological polar surface area (TPSA) is 33.1 Å². The van der Waals surface area contributed by atoms with Gasteiger partial charge in [-0.2, -0.15) is 0 Å². The minimum atomic E-state index is 0.882. The minimum absolute atomic E-state index is 0.882. The van der Waals surface area contributed by atoms with E-state index in [1.165, 1.54) is 72.4 Å². The summed E-state index contributed by atoms with van der Waals surface area (Å²) in [5.74, 6) is 2.68. The predicted molar refractivity (Wildman–Crippen MR) is 122 cm³/mol. The zero-order valence-electron chi connectivity index (χ0n) is 18.1. The van der Waals surface area contributed by atoms with Gasteiger partial charge in [0.05, 0.1) is 16.7 Å². The van der Waals surface area contributed by atoms with E-state index in [9.17, 15) is 0 Å². The van der Waals surface area contributed by atoms with Crippen LogP contribution >= 0.6 is 0 Å². The lowest BCUT2D eigenvalue weighted by Gasteiger charge is -2.26. The van der Waals surface area contributed by atoms with Crippen molar-refractivity contribution in [1.29, 1.82) is 0 Å². The third-order valence-corrected chi connectivity index (χ3v) is 6.48. The first-order chi connectivity index (χ1) is 14.0. The molecule has 0 atom stereocenters. The molecule has 0 aliphatic heterocycles. The van der Waals surface area contributed by atoms with Crippen LogP contribution in [0.5, 0.6) is 0 Å². The Hall–Kier alpha value is -2.49. The van der Waals surface area contributed by atoms with Crippen molar-refractivity contribution in [2.75, 3.05) is 23.3 Å². The fourth-order valence-electron chi connectivity index (χ4n) is 4.60. The van der Waals surface area contributed by atoms with Crippen LogP contribution in [-0.2, 0) is 7.05 Å². The molecule has 0 radical (unpaired) electrons. The van der Waals surface area contributed by atoms with Gasteiger partial charge in [-0.1, -0.05) is 23.8 Å². The van der Waals surface area contributed by atoms with Gasteiger partial charge in [0.15, 0.2) is 0 Å². The van der Waals surface area contributed by atoms with E-state index in [0.717, 1.165) is 23.3 Å². The number of aromatic nitrogens is 2. The molecule has 0 spiro atoms. The van der Waals surface area contributed by atoms with Crippen molar-refractivity contribution in [2.24, 2.45) is 18.9 Å². The molecule has 0 saturated heterocycles. The first-order valence-electron chi connectivity index (χ1n) is 11.0. The number of imidazole rings is 1. The Morgan fingerprint density at radius 1 is 1.00 bits per heavy atom. The molecule has 2 aliphatic carbocycles. The molecule has 0 bridgehead atoms. The second kappa shape index (κ2) is 7.08. The monoisotopic (exact) mass is 388 g/mol. The predicted octanol–water partition coefficient (Wildman–Crippen LogP) is 5.87. The largest absolute Gasteiger partial charge is 0.369 e. The van der Waals surface area contributed by atoms with E-state index in [1.807, 2.05) is 0 Å². The molecule has 0 amide bonds. The van der Waals surface area contributed by atoms with Gasteiger partial charge in [0.25, 0.3) is 0 Å². The summed E-state index contributed by atoms with van der Waals surface area (Å²) in [5, 5.41) is 3.63. The molecule has 2 fully saturated rings. The molecule has 152 valence electrons. The normalized spacial score (nSPS) is 16.4. The van der Waals surface area contributed by atoms with Crippen LogP contribution in [0.4, 0.5) is 17.3 Å². The Kier molecular flexibility index (Phi) is 4.53. The van der Waals surface area contributed by atoms with E-state index in [0.29, 0.717) is 0 Å². The van der Waals surface area contributed by atoms with Crippen molar-refractivity contribution >= 4 is 28.4 Å². The van der Waals surface area contributed by atoms with E-state index in [1.54, 1.807) is 0 Å². The Balaban J connectivity index is 1.53. The molecule has 2 saturated carbocycles. The second-order valence-corrected chi connectivity index (χ2v) is 9.33. The molecule has 0 unspecified atom stereocenters. The second-order valence-electron chi connectivity index (χ2n) is 9.33. The molecular weight excluding hydrogens is 356 g/mol. The molecule has 1 N–H and O–H groups in total. The number of nitrogens with one attached hydrogen (secondary N) is 1. The molecule has 5 rings (SSSR count). The zero-order valence-corrected chi connectivity index (χ0v) is 18.1. The summed E-state index contributed by atoms with van der Waals surface area (Å²) < 4.78 is 2.25. The van der Waals surface area contributed by atoms with Crippen molar-refractivity contribution in [3.05, 3.63) is 47.0 Å². The molecular formula is C25H32N4. The summed E-state index contributed by atoms with van der Waals surface area (Å²) in [6.45, 7) is 8.88. The number of anilines is 3. The fraction of sp³-hybridized carbons (Fsp3) is 0.480. The average molecular weight is 389 g/mol. The van der Waals surface area contributed by atoms with E-state index in [2.05, 4.69) is 72.9 Å². The summed E-state index contributed by atoms with van der Waals surface area (Å²) in [6, 6.07) is 11.1. The molecule has 2 aliphatic rings.